The van der Waals surface area contributed by atoms with Gasteiger partial charge < -0.3 is 0 Å². The lowest BCUT2D eigenvalue weighted by Gasteiger charge is -2.29. The monoisotopic (exact) mass is 392 g/mol. The number of rotatable bonds is 4. The van der Waals surface area contributed by atoms with Gasteiger partial charge in [0.05, 0.1) is 5.92 Å². The van der Waals surface area contributed by atoms with E-state index in [9.17, 15) is 22.4 Å². The molecule has 3 rings (SSSR count). The van der Waals surface area contributed by atoms with E-state index in [1.54, 1.807) is 0 Å². The van der Waals surface area contributed by atoms with Crippen molar-refractivity contribution in [3.8, 4) is 0 Å². The van der Waals surface area contributed by atoms with Gasteiger partial charge >= 0.3 is 11.9 Å². The minimum atomic E-state index is -4.17. The Kier molecular flexibility index (Phi) is 5.41. The van der Waals surface area contributed by atoms with Gasteiger partial charge in [-0.15, -0.1) is 0 Å². The second-order valence-electron chi connectivity index (χ2n) is 6.61. The predicted molar refractivity (Wildman–Crippen MR) is 86.5 cm³/mol. The van der Waals surface area contributed by atoms with Gasteiger partial charge in [0, 0.05) is 23.6 Å². The lowest BCUT2D eigenvalue weighted by Crippen LogP contribution is -2.30. The van der Waals surface area contributed by atoms with Crippen LogP contribution < -0.4 is 5.76 Å². The average molecular weight is 393 g/mol. The molecule has 26 heavy (non-hydrogen) atoms. The van der Waals surface area contributed by atoms with Crippen LogP contribution in [0.3, 0.4) is 0 Å². The Labute approximate surface area is 151 Å². The predicted octanol–water partition coefficient (Wildman–Crippen LogP) is 4.59. The van der Waals surface area contributed by atoms with E-state index in [0.717, 1.165) is 0 Å². The third kappa shape index (κ3) is 4.11. The van der Waals surface area contributed by atoms with E-state index in [4.69, 9.17) is 11.6 Å². The SMILES string of the molecule is O=c1onc(Cc2c(F)cccc2Cl)n1CC1CCC(C(F)(F)F)CC1. The first kappa shape index (κ1) is 18.9. The molecule has 0 saturated heterocycles. The van der Waals surface area contributed by atoms with E-state index >= 15 is 0 Å². The van der Waals surface area contributed by atoms with Crippen molar-refractivity contribution in [1.29, 1.82) is 0 Å². The van der Waals surface area contributed by atoms with Gasteiger partial charge in [-0.3, -0.25) is 9.09 Å². The molecule has 0 radical (unpaired) electrons. The molecular formula is C17H17ClF4N2O2. The Morgan fingerprint density at radius 3 is 2.54 bits per heavy atom. The zero-order valence-corrected chi connectivity index (χ0v) is 14.5. The maximum atomic E-state index is 14.0. The maximum Gasteiger partial charge on any atom is 0.441 e. The van der Waals surface area contributed by atoms with E-state index in [1.807, 2.05) is 0 Å². The van der Waals surface area contributed by atoms with E-state index in [0.29, 0.717) is 12.8 Å². The van der Waals surface area contributed by atoms with Gasteiger partial charge in [0.15, 0.2) is 5.82 Å². The molecule has 0 bridgehead atoms. The zero-order chi connectivity index (χ0) is 18.9. The van der Waals surface area contributed by atoms with Crippen LogP contribution >= 0.6 is 11.6 Å². The summed E-state index contributed by atoms with van der Waals surface area (Å²) in [5.41, 5.74) is 0.192. The van der Waals surface area contributed by atoms with Crippen molar-refractivity contribution < 1.29 is 22.1 Å². The van der Waals surface area contributed by atoms with Crippen molar-refractivity contribution in [2.24, 2.45) is 11.8 Å². The summed E-state index contributed by atoms with van der Waals surface area (Å²) in [5, 5.41) is 3.89. The summed E-state index contributed by atoms with van der Waals surface area (Å²) < 4.78 is 58.2. The third-order valence-electron chi connectivity index (χ3n) is 4.91. The summed E-state index contributed by atoms with van der Waals surface area (Å²) >= 11 is 6.00. The Bertz CT molecular complexity index is 803. The topological polar surface area (TPSA) is 48.0 Å². The molecular weight excluding hydrogens is 376 g/mol. The van der Waals surface area contributed by atoms with Crippen molar-refractivity contribution in [1.82, 2.24) is 9.72 Å². The zero-order valence-electron chi connectivity index (χ0n) is 13.7. The van der Waals surface area contributed by atoms with E-state index in [2.05, 4.69) is 9.68 Å². The summed E-state index contributed by atoms with van der Waals surface area (Å²) in [6.45, 7) is 0.203. The Hall–Kier alpha value is -1.83. The van der Waals surface area contributed by atoms with Gasteiger partial charge in [-0.1, -0.05) is 22.8 Å². The second-order valence-corrected chi connectivity index (χ2v) is 7.02. The van der Waals surface area contributed by atoms with Crippen molar-refractivity contribution >= 4 is 11.6 Å². The summed E-state index contributed by atoms with van der Waals surface area (Å²) in [6.07, 6.45) is -3.39. The van der Waals surface area contributed by atoms with Crippen LogP contribution in [-0.4, -0.2) is 15.9 Å². The van der Waals surface area contributed by atoms with Crippen molar-refractivity contribution in [3.63, 3.8) is 0 Å². The quantitative estimate of drug-likeness (QED) is 0.715. The first-order valence-corrected chi connectivity index (χ1v) is 8.68. The molecule has 0 unspecified atom stereocenters. The fourth-order valence-corrected chi connectivity index (χ4v) is 3.62. The van der Waals surface area contributed by atoms with Gasteiger partial charge in [-0.05, 0) is 43.7 Å². The summed E-state index contributed by atoms with van der Waals surface area (Å²) in [7, 11) is 0. The van der Waals surface area contributed by atoms with Gasteiger partial charge in [0.1, 0.15) is 5.82 Å². The molecule has 1 aliphatic rings. The molecule has 1 aromatic heterocycles. The smallest absolute Gasteiger partial charge is 0.296 e. The molecule has 1 saturated carbocycles. The first-order chi connectivity index (χ1) is 12.3. The number of nitrogens with zero attached hydrogens (tertiary/aromatic N) is 2. The highest BCUT2D eigenvalue weighted by Gasteiger charge is 2.41. The summed E-state index contributed by atoms with van der Waals surface area (Å²) in [5.74, 6) is -2.38. The van der Waals surface area contributed by atoms with Crippen LogP contribution in [0.4, 0.5) is 17.6 Å². The number of aromatic nitrogens is 2. The van der Waals surface area contributed by atoms with Crippen molar-refractivity contribution in [2.45, 2.75) is 44.8 Å². The first-order valence-electron chi connectivity index (χ1n) is 8.30. The molecule has 9 heteroatoms. The van der Waals surface area contributed by atoms with E-state index in [1.165, 1.54) is 22.8 Å². The molecule has 142 valence electrons. The second kappa shape index (κ2) is 7.42. The Balaban J connectivity index is 1.72. The third-order valence-corrected chi connectivity index (χ3v) is 5.26. The summed E-state index contributed by atoms with van der Waals surface area (Å²) in [6, 6.07) is 4.25. The number of hydrogen-bond acceptors (Lipinski definition) is 3. The van der Waals surface area contributed by atoms with Gasteiger partial charge in [0.2, 0.25) is 0 Å². The van der Waals surface area contributed by atoms with Crippen LogP contribution in [0.1, 0.15) is 37.1 Å². The number of halogens is 5. The molecule has 0 atom stereocenters. The molecule has 0 amide bonds. The molecule has 0 N–H and O–H groups in total. The number of hydrogen-bond donors (Lipinski definition) is 0. The molecule has 0 aliphatic heterocycles. The minimum Gasteiger partial charge on any atom is -0.296 e. The molecule has 1 heterocycles. The highest BCUT2D eigenvalue weighted by molar-refractivity contribution is 6.31. The highest BCUT2D eigenvalue weighted by Crippen LogP contribution is 2.39. The average Bonchev–Trinajstić information content (AvgIpc) is 2.91. The van der Waals surface area contributed by atoms with Gasteiger partial charge in [0.25, 0.3) is 0 Å². The minimum absolute atomic E-state index is 0.0326. The molecule has 1 aliphatic carbocycles. The van der Waals surface area contributed by atoms with E-state index < -0.39 is 23.7 Å². The lowest BCUT2D eigenvalue weighted by atomic mass is 9.81. The van der Waals surface area contributed by atoms with Crippen molar-refractivity contribution in [2.75, 3.05) is 0 Å². The van der Waals surface area contributed by atoms with E-state index in [-0.39, 0.29) is 48.1 Å². The van der Waals surface area contributed by atoms with Crippen molar-refractivity contribution in [3.05, 3.63) is 51.0 Å². The molecule has 2 aromatic rings. The standard InChI is InChI=1S/C17H17ClF4N2O2/c18-13-2-1-3-14(19)12(13)8-15-23-26-16(25)24(15)9-10-4-6-11(7-5-10)17(20,21)22/h1-3,10-11H,4-9H2. The molecule has 1 fully saturated rings. The Morgan fingerprint density at radius 2 is 1.92 bits per heavy atom. The van der Waals surface area contributed by atoms with Crippen LogP contribution in [0, 0.1) is 17.7 Å². The number of benzene rings is 1. The normalized spacial score (nSPS) is 21.1. The van der Waals surface area contributed by atoms with Crippen LogP contribution in [0.15, 0.2) is 27.5 Å². The van der Waals surface area contributed by atoms with Gasteiger partial charge in [-0.2, -0.15) is 13.2 Å². The lowest BCUT2D eigenvalue weighted by molar-refractivity contribution is -0.184. The molecule has 0 spiro atoms. The van der Waals surface area contributed by atoms with Gasteiger partial charge in [-0.25, -0.2) is 9.18 Å². The summed E-state index contributed by atoms with van der Waals surface area (Å²) in [4.78, 5) is 11.9. The van der Waals surface area contributed by atoms with Crippen LogP contribution in [0.5, 0.6) is 0 Å². The highest BCUT2D eigenvalue weighted by atomic mass is 35.5. The van der Waals surface area contributed by atoms with Crippen LogP contribution in [0.25, 0.3) is 0 Å². The van der Waals surface area contributed by atoms with Crippen LogP contribution in [-0.2, 0) is 13.0 Å². The Morgan fingerprint density at radius 1 is 1.23 bits per heavy atom. The van der Waals surface area contributed by atoms with Crippen LogP contribution in [0.2, 0.25) is 5.02 Å². The maximum absolute atomic E-state index is 14.0. The molecule has 1 aromatic carbocycles. The fraction of sp³-hybridized carbons (Fsp3) is 0.529. The largest absolute Gasteiger partial charge is 0.441 e. The fourth-order valence-electron chi connectivity index (χ4n) is 3.39. The number of alkyl halides is 3. The molecule has 4 nitrogen and oxygen atoms in total.